The number of nitrogens with zero attached hydrogens (tertiary/aromatic N) is 4. The van der Waals surface area contributed by atoms with E-state index in [-0.39, 0.29) is 36.1 Å². The van der Waals surface area contributed by atoms with Crippen molar-refractivity contribution in [3.8, 4) is 0 Å². The van der Waals surface area contributed by atoms with Crippen LogP contribution in [0, 0.1) is 0 Å². The molecule has 7 nitrogen and oxygen atoms in total. The Morgan fingerprint density at radius 2 is 1.96 bits per heavy atom. The molecule has 2 saturated heterocycles. The first-order valence-electron chi connectivity index (χ1n) is 8.59. The fourth-order valence-corrected chi connectivity index (χ4v) is 4.36. The Balaban J connectivity index is 1.71. The predicted octanol–water partition coefficient (Wildman–Crippen LogP) is 0.678. The number of hydrogen-bond acceptors (Lipinski definition) is 5. The number of rotatable bonds is 3. The molecule has 2 aliphatic rings. The minimum Gasteiger partial charge on any atom is -0.394 e. The molecule has 2 atom stereocenters. The van der Waals surface area contributed by atoms with Crippen molar-refractivity contribution in [3.05, 3.63) is 60.2 Å². The zero-order chi connectivity index (χ0) is 18.3. The van der Waals surface area contributed by atoms with Gasteiger partial charge in [-0.05, 0) is 5.56 Å². The summed E-state index contributed by atoms with van der Waals surface area (Å²) in [5.74, 6) is -0.292. The first kappa shape index (κ1) is 16.7. The number of aliphatic hydroxyl groups excluding tert-OH is 1. The van der Waals surface area contributed by atoms with Crippen LogP contribution in [-0.2, 0) is 4.79 Å². The summed E-state index contributed by atoms with van der Waals surface area (Å²) in [6, 6.07) is 9.51. The van der Waals surface area contributed by atoms with Crippen LogP contribution < -0.4 is 0 Å². The van der Waals surface area contributed by atoms with E-state index in [4.69, 9.17) is 0 Å². The van der Waals surface area contributed by atoms with Gasteiger partial charge in [-0.3, -0.25) is 14.6 Å². The standard InChI is InChI=1S/C19H20N4O3/c1-13(25)22-11-19(12-22)17(14-5-3-2-4-6-14)16(10-24)23(19)18(26)15-9-20-7-8-21-15/h2-9,16-17,24H,10-12H2,1H3/t16-,17+/m1/s1. The molecule has 1 aromatic carbocycles. The number of benzene rings is 1. The molecule has 0 aliphatic carbocycles. The van der Waals surface area contributed by atoms with Gasteiger partial charge in [0, 0.05) is 38.3 Å². The highest BCUT2D eigenvalue weighted by atomic mass is 16.3. The van der Waals surface area contributed by atoms with Crippen LogP contribution in [0.3, 0.4) is 0 Å². The summed E-state index contributed by atoms with van der Waals surface area (Å²) >= 11 is 0. The van der Waals surface area contributed by atoms with E-state index in [2.05, 4.69) is 9.97 Å². The lowest BCUT2D eigenvalue weighted by molar-refractivity contribution is -0.177. The van der Waals surface area contributed by atoms with E-state index in [9.17, 15) is 14.7 Å². The summed E-state index contributed by atoms with van der Waals surface area (Å²) in [5, 5.41) is 10.0. The second-order valence-electron chi connectivity index (χ2n) is 6.88. The quantitative estimate of drug-likeness (QED) is 0.878. The van der Waals surface area contributed by atoms with Crippen molar-refractivity contribution in [2.45, 2.75) is 24.4 Å². The molecule has 2 fully saturated rings. The van der Waals surface area contributed by atoms with Crippen LogP contribution in [0.15, 0.2) is 48.9 Å². The third-order valence-electron chi connectivity index (χ3n) is 5.50. The van der Waals surface area contributed by atoms with Crippen molar-refractivity contribution in [2.75, 3.05) is 19.7 Å². The molecule has 0 saturated carbocycles. The molecule has 0 unspecified atom stereocenters. The molecule has 7 heteroatoms. The van der Waals surface area contributed by atoms with Crippen molar-refractivity contribution in [1.82, 2.24) is 19.8 Å². The van der Waals surface area contributed by atoms with Gasteiger partial charge in [-0.25, -0.2) is 4.98 Å². The zero-order valence-corrected chi connectivity index (χ0v) is 14.4. The number of aliphatic hydroxyl groups is 1. The second kappa shape index (κ2) is 6.17. The van der Waals surface area contributed by atoms with Gasteiger partial charge in [0.25, 0.3) is 5.91 Å². The smallest absolute Gasteiger partial charge is 0.275 e. The maximum absolute atomic E-state index is 13.1. The third-order valence-corrected chi connectivity index (χ3v) is 5.50. The Morgan fingerprint density at radius 1 is 1.23 bits per heavy atom. The van der Waals surface area contributed by atoms with Crippen LogP contribution in [0.25, 0.3) is 0 Å². The van der Waals surface area contributed by atoms with Crippen molar-refractivity contribution < 1.29 is 14.7 Å². The normalized spacial score (nSPS) is 23.3. The summed E-state index contributed by atoms with van der Waals surface area (Å²) < 4.78 is 0. The Bertz CT molecular complexity index is 821. The van der Waals surface area contributed by atoms with E-state index in [1.54, 1.807) is 9.80 Å². The molecule has 134 valence electrons. The first-order chi connectivity index (χ1) is 12.6. The van der Waals surface area contributed by atoms with E-state index >= 15 is 0 Å². The van der Waals surface area contributed by atoms with Gasteiger partial charge in [0.15, 0.2) is 0 Å². The topological polar surface area (TPSA) is 86.6 Å². The van der Waals surface area contributed by atoms with Crippen molar-refractivity contribution in [1.29, 1.82) is 0 Å². The maximum atomic E-state index is 13.1. The number of carbonyl (C=O) groups excluding carboxylic acids is 2. The first-order valence-corrected chi connectivity index (χ1v) is 8.59. The highest BCUT2D eigenvalue weighted by Gasteiger charge is 2.68. The highest BCUT2D eigenvalue weighted by molar-refractivity contribution is 5.94. The van der Waals surface area contributed by atoms with Crippen molar-refractivity contribution in [2.24, 2.45) is 0 Å². The van der Waals surface area contributed by atoms with E-state index in [0.29, 0.717) is 13.1 Å². The Kier molecular flexibility index (Phi) is 3.96. The lowest BCUT2D eigenvalue weighted by Crippen LogP contribution is -2.85. The number of amides is 2. The molecule has 2 amide bonds. The number of likely N-dealkylation sites (tertiary alicyclic amines) is 2. The average Bonchev–Trinajstić information content (AvgIpc) is 2.61. The van der Waals surface area contributed by atoms with Gasteiger partial charge < -0.3 is 14.9 Å². The summed E-state index contributed by atoms with van der Waals surface area (Å²) in [5.41, 5.74) is 0.811. The molecule has 1 aromatic heterocycles. The maximum Gasteiger partial charge on any atom is 0.275 e. The molecule has 1 spiro atoms. The van der Waals surface area contributed by atoms with E-state index in [1.165, 1.54) is 25.5 Å². The van der Waals surface area contributed by atoms with Gasteiger partial charge in [0.05, 0.1) is 24.4 Å². The molecule has 1 N–H and O–H groups in total. The zero-order valence-electron chi connectivity index (χ0n) is 14.4. The van der Waals surface area contributed by atoms with Gasteiger partial charge in [-0.15, -0.1) is 0 Å². The van der Waals surface area contributed by atoms with Gasteiger partial charge in [-0.1, -0.05) is 30.3 Å². The average molecular weight is 352 g/mol. The SMILES string of the molecule is CC(=O)N1CC2(C1)[C@@H](c1ccccc1)[C@@H](CO)N2C(=O)c1cnccn1. The minimum atomic E-state index is -0.505. The molecule has 0 radical (unpaired) electrons. The molecular weight excluding hydrogens is 332 g/mol. The van der Waals surface area contributed by atoms with Crippen LogP contribution in [0.5, 0.6) is 0 Å². The van der Waals surface area contributed by atoms with Gasteiger partial charge in [0.1, 0.15) is 5.69 Å². The van der Waals surface area contributed by atoms with Gasteiger partial charge in [-0.2, -0.15) is 0 Å². The molecular formula is C19H20N4O3. The molecule has 2 aromatic rings. The summed E-state index contributed by atoms with van der Waals surface area (Å²) in [6.45, 7) is 2.31. The largest absolute Gasteiger partial charge is 0.394 e. The molecule has 4 rings (SSSR count). The third kappa shape index (κ3) is 2.31. The van der Waals surface area contributed by atoms with Crippen LogP contribution in [0.2, 0.25) is 0 Å². The molecule has 0 bridgehead atoms. The number of carbonyl (C=O) groups is 2. The summed E-state index contributed by atoms with van der Waals surface area (Å²) in [7, 11) is 0. The fraction of sp³-hybridized carbons (Fsp3) is 0.368. The van der Waals surface area contributed by atoms with Crippen LogP contribution in [-0.4, -0.2) is 68.0 Å². The summed E-state index contributed by atoms with van der Waals surface area (Å²) in [4.78, 5) is 36.3. The Labute approximate surface area is 151 Å². The summed E-state index contributed by atoms with van der Waals surface area (Å²) in [6.07, 6.45) is 4.42. The highest BCUT2D eigenvalue weighted by Crippen LogP contribution is 2.54. The predicted molar refractivity (Wildman–Crippen MR) is 93.2 cm³/mol. The number of hydrogen-bond donors (Lipinski definition) is 1. The van der Waals surface area contributed by atoms with Crippen LogP contribution in [0.1, 0.15) is 28.9 Å². The lowest BCUT2D eigenvalue weighted by atomic mass is 9.60. The molecule has 3 heterocycles. The van der Waals surface area contributed by atoms with E-state index < -0.39 is 5.54 Å². The van der Waals surface area contributed by atoms with Crippen LogP contribution in [0.4, 0.5) is 0 Å². The second-order valence-corrected chi connectivity index (χ2v) is 6.88. The Hall–Kier alpha value is -2.80. The Morgan fingerprint density at radius 3 is 2.54 bits per heavy atom. The van der Waals surface area contributed by atoms with Crippen molar-refractivity contribution >= 4 is 11.8 Å². The van der Waals surface area contributed by atoms with E-state index in [0.717, 1.165) is 5.56 Å². The van der Waals surface area contributed by atoms with Crippen molar-refractivity contribution in [3.63, 3.8) is 0 Å². The molecule has 26 heavy (non-hydrogen) atoms. The van der Waals surface area contributed by atoms with E-state index in [1.807, 2.05) is 30.3 Å². The van der Waals surface area contributed by atoms with Gasteiger partial charge in [0.2, 0.25) is 5.91 Å². The molecule has 2 aliphatic heterocycles. The monoisotopic (exact) mass is 352 g/mol. The number of aromatic nitrogens is 2. The minimum absolute atomic E-state index is 0.0122. The fourth-order valence-electron chi connectivity index (χ4n) is 4.36. The van der Waals surface area contributed by atoms with Crippen LogP contribution >= 0.6 is 0 Å². The van der Waals surface area contributed by atoms with Gasteiger partial charge >= 0.3 is 0 Å². The lowest BCUT2D eigenvalue weighted by Gasteiger charge is -2.70.